The molecule has 1 amide bonds. The van der Waals surface area contributed by atoms with Crippen molar-refractivity contribution in [1.29, 1.82) is 0 Å². The maximum absolute atomic E-state index is 12.9. The summed E-state index contributed by atoms with van der Waals surface area (Å²) in [5, 5.41) is 16.4. The summed E-state index contributed by atoms with van der Waals surface area (Å²) in [5.74, 6) is -1.67. The van der Waals surface area contributed by atoms with Gasteiger partial charge in [0, 0.05) is 5.69 Å². The minimum absolute atomic E-state index is 0.0938. The number of halogens is 2. The van der Waals surface area contributed by atoms with Crippen molar-refractivity contribution < 1.29 is 23.5 Å². The van der Waals surface area contributed by atoms with E-state index in [1.165, 1.54) is 12.1 Å². The molecular formula is C10H7ClFN3O3. The molecule has 0 unspecified atom stereocenters. The van der Waals surface area contributed by atoms with Crippen LogP contribution in [0.25, 0.3) is 0 Å². The SMILES string of the molecule is O=C(C[n+]1cc([O-])on1)Nc1ccc(F)c(Cl)c1. The van der Waals surface area contributed by atoms with E-state index in [1.54, 1.807) is 0 Å². The van der Waals surface area contributed by atoms with Gasteiger partial charge in [-0.3, -0.25) is 4.79 Å². The second kappa shape index (κ2) is 5.01. The molecule has 1 heterocycles. The Morgan fingerprint density at radius 2 is 2.39 bits per heavy atom. The van der Waals surface area contributed by atoms with Crippen LogP contribution in [0, 0.1) is 5.82 Å². The van der Waals surface area contributed by atoms with Gasteiger partial charge in [-0.1, -0.05) is 16.3 Å². The zero-order valence-corrected chi connectivity index (χ0v) is 9.65. The second-order valence-electron chi connectivity index (χ2n) is 3.40. The predicted molar refractivity (Wildman–Crippen MR) is 56.2 cm³/mol. The summed E-state index contributed by atoms with van der Waals surface area (Å²) < 4.78 is 18.2. The van der Waals surface area contributed by atoms with Gasteiger partial charge in [-0.2, -0.15) is 0 Å². The summed E-state index contributed by atoms with van der Waals surface area (Å²) in [5.41, 5.74) is 0.345. The van der Waals surface area contributed by atoms with Gasteiger partial charge in [0.05, 0.1) is 10.3 Å². The Morgan fingerprint density at radius 3 is 3.00 bits per heavy atom. The zero-order valence-electron chi connectivity index (χ0n) is 8.89. The molecule has 0 atom stereocenters. The Bertz CT molecular complexity index is 587. The number of hydrogen-bond donors (Lipinski definition) is 1. The number of hydrogen-bond acceptors (Lipinski definition) is 4. The summed E-state index contributed by atoms with van der Waals surface area (Å²) in [7, 11) is 0. The lowest BCUT2D eigenvalue weighted by Crippen LogP contribution is -2.41. The lowest BCUT2D eigenvalue weighted by atomic mass is 10.3. The number of nitrogens with one attached hydrogen (secondary N) is 1. The standard InChI is InChI=1S/C10H7ClFN3O3/c11-7-3-6(1-2-8(7)12)13-9(16)4-15-5-10(17)18-14-15/h1-3,5H,4H2,(H-,13,14,16,17). The Hall–Kier alpha value is -2.15. The van der Waals surface area contributed by atoms with Crippen molar-refractivity contribution in [2.75, 3.05) is 5.32 Å². The van der Waals surface area contributed by atoms with E-state index in [1.807, 2.05) is 0 Å². The van der Waals surface area contributed by atoms with Gasteiger partial charge >= 0.3 is 0 Å². The maximum atomic E-state index is 12.9. The van der Waals surface area contributed by atoms with Crippen molar-refractivity contribution >= 4 is 23.2 Å². The van der Waals surface area contributed by atoms with Crippen molar-refractivity contribution in [2.45, 2.75) is 6.54 Å². The third kappa shape index (κ3) is 2.95. The van der Waals surface area contributed by atoms with E-state index in [-0.39, 0.29) is 11.6 Å². The van der Waals surface area contributed by atoms with E-state index < -0.39 is 17.7 Å². The molecule has 0 saturated heterocycles. The van der Waals surface area contributed by atoms with Gasteiger partial charge in [0.25, 0.3) is 12.5 Å². The fraction of sp³-hybridized carbons (Fsp3) is 0.100. The molecule has 8 heteroatoms. The predicted octanol–water partition coefficient (Wildman–Crippen LogP) is 0.467. The molecule has 0 aliphatic heterocycles. The van der Waals surface area contributed by atoms with Crippen molar-refractivity contribution in [3.05, 3.63) is 35.2 Å². The Balaban J connectivity index is 2.00. The van der Waals surface area contributed by atoms with Crippen LogP contribution in [-0.4, -0.2) is 11.2 Å². The van der Waals surface area contributed by atoms with Gasteiger partial charge in [0.2, 0.25) is 6.20 Å². The molecule has 0 fully saturated rings. The van der Waals surface area contributed by atoms with Gasteiger partial charge in [-0.15, -0.1) is 0 Å². The molecule has 1 N–H and O–H groups in total. The third-order valence-corrected chi connectivity index (χ3v) is 2.29. The topological polar surface area (TPSA) is 82.1 Å². The van der Waals surface area contributed by atoms with Crippen LogP contribution in [0.15, 0.2) is 28.9 Å². The van der Waals surface area contributed by atoms with Crippen molar-refractivity contribution in [3.8, 4) is 5.95 Å². The number of nitrogens with zero attached hydrogens (tertiary/aromatic N) is 2. The third-order valence-electron chi connectivity index (χ3n) is 2.00. The van der Waals surface area contributed by atoms with Gasteiger partial charge in [0.1, 0.15) is 11.8 Å². The quantitative estimate of drug-likeness (QED) is 0.823. The van der Waals surface area contributed by atoms with Crippen LogP contribution < -0.4 is 15.1 Å². The molecule has 0 bridgehead atoms. The van der Waals surface area contributed by atoms with Crippen LogP contribution >= 0.6 is 11.6 Å². The highest BCUT2D eigenvalue weighted by Gasteiger charge is 2.12. The van der Waals surface area contributed by atoms with Crippen LogP contribution in [0.4, 0.5) is 10.1 Å². The number of benzene rings is 1. The normalized spacial score (nSPS) is 10.3. The highest BCUT2D eigenvalue weighted by molar-refractivity contribution is 6.31. The average molecular weight is 272 g/mol. The first-order valence-corrected chi connectivity index (χ1v) is 5.21. The number of rotatable bonds is 3. The number of aromatic nitrogens is 2. The molecule has 2 aromatic rings. The first-order valence-electron chi connectivity index (χ1n) is 4.83. The summed E-state index contributed by atoms with van der Waals surface area (Å²) in [6, 6.07) is 3.78. The maximum Gasteiger partial charge on any atom is 0.292 e. The summed E-state index contributed by atoms with van der Waals surface area (Å²) in [6.07, 6.45) is 1.04. The molecular weight excluding hydrogens is 265 g/mol. The molecule has 18 heavy (non-hydrogen) atoms. The largest absolute Gasteiger partial charge is 0.539 e. The van der Waals surface area contributed by atoms with Crippen LogP contribution in [0.5, 0.6) is 5.95 Å². The molecule has 6 nitrogen and oxygen atoms in total. The average Bonchev–Trinajstić information content (AvgIpc) is 2.69. The minimum atomic E-state index is -0.646. The molecule has 0 aliphatic rings. The van der Waals surface area contributed by atoms with Gasteiger partial charge in [-0.05, 0) is 18.2 Å². The van der Waals surface area contributed by atoms with E-state index in [2.05, 4.69) is 15.1 Å². The first kappa shape index (κ1) is 12.3. The van der Waals surface area contributed by atoms with Crippen LogP contribution in [0.3, 0.4) is 0 Å². The minimum Gasteiger partial charge on any atom is -0.539 e. The lowest BCUT2D eigenvalue weighted by molar-refractivity contribution is -0.750. The Kier molecular flexibility index (Phi) is 3.42. The van der Waals surface area contributed by atoms with Crippen LogP contribution in [-0.2, 0) is 11.3 Å². The molecule has 1 aromatic carbocycles. The number of amides is 1. The fourth-order valence-electron chi connectivity index (χ4n) is 1.26. The van der Waals surface area contributed by atoms with E-state index in [4.69, 9.17) is 11.6 Å². The first-order chi connectivity index (χ1) is 8.54. The summed E-state index contributed by atoms with van der Waals surface area (Å²) in [6.45, 7) is -0.194. The molecule has 2 rings (SSSR count). The molecule has 94 valence electrons. The van der Waals surface area contributed by atoms with Gasteiger partial charge < -0.3 is 14.9 Å². The second-order valence-corrected chi connectivity index (χ2v) is 3.80. The molecule has 1 aromatic heterocycles. The van der Waals surface area contributed by atoms with Gasteiger partial charge in [-0.25, -0.2) is 4.39 Å². The monoisotopic (exact) mass is 271 g/mol. The fourth-order valence-corrected chi connectivity index (χ4v) is 1.44. The zero-order chi connectivity index (χ0) is 13.1. The molecule has 0 saturated carbocycles. The lowest BCUT2D eigenvalue weighted by Gasteiger charge is -2.02. The van der Waals surface area contributed by atoms with E-state index in [0.717, 1.165) is 16.9 Å². The van der Waals surface area contributed by atoms with Crippen LogP contribution in [0.1, 0.15) is 0 Å². The smallest absolute Gasteiger partial charge is 0.292 e. The molecule has 0 radical (unpaired) electrons. The molecule has 0 aliphatic carbocycles. The van der Waals surface area contributed by atoms with E-state index in [0.29, 0.717) is 5.69 Å². The Morgan fingerprint density at radius 1 is 1.61 bits per heavy atom. The van der Waals surface area contributed by atoms with Gasteiger partial charge in [0.15, 0.2) is 0 Å². The highest BCUT2D eigenvalue weighted by atomic mass is 35.5. The van der Waals surface area contributed by atoms with E-state index >= 15 is 0 Å². The summed E-state index contributed by atoms with van der Waals surface area (Å²) in [4.78, 5) is 11.5. The van der Waals surface area contributed by atoms with Crippen molar-refractivity contribution in [1.82, 2.24) is 5.27 Å². The number of carbonyl (C=O) groups is 1. The number of anilines is 1. The van der Waals surface area contributed by atoms with Crippen molar-refractivity contribution in [2.24, 2.45) is 0 Å². The highest BCUT2D eigenvalue weighted by Crippen LogP contribution is 2.19. The Labute approximate surface area is 106 Å². The van der Waals surface area contributed by atoms with Crippen molar-refractivity contribution in [3.63, 3.8) is 0 Å². The summed E-state index contributed by atoms with van der Waals surface area (Å²) >= 11 is 5.56. The van der Waals surface area contributed by atoms with Crippen LogP contribution in [0.2, 0.25) is 5.02 Å². The molecule has 0 spiro atoms. The number of carbonyl (C=O) groups excluding carboxylic acids is 1. The van der Waals surface area contributed by atoms with E-state index in [9.17, 15) is 14.3 Å².